The van der Waals surface area contributed by atoms with Crippen molar-refractivity contribution < 1.29 is 18.9 Å². The molecule has 11 nitrogen and oxygen atoms in total. The molecular weight excluding hydrogens is 667 g/mol. The monoisotopic (exact) mass is 701 g/mol. The maximum atomic E-state index is 6.38. The molecule has 0 fully saturated rings. The Morgan fingerprint density at radius 3 is 1.34 bits per heavy atom. The van der Waals surface area contributed by atoms with E-state index in [0.29, 0.717) is 58.0 Å². The van der Waals surface area contributed by atoms with Crippen LogP contribution in [-0.4, -0.2) is 34.9 Å². The molecule has 0 N–H and O–H groups in total. The number of hydrogen-bond donors (Lipinski definition) is 0. The van der Waals surface area contributed by atoms with Gasteiger partial charge in [-0.1, -0.05) is 32.9 Å². The van der Waals surface area contributed by atoms with Crippen molar-refractivity contribution in [3.05, 3.63) is 139 Å². The molecule has 8 aromatic rings. The lowest BCUT2D eigenvalue weighted by Crippen LogP contribution is -2.19. The number of aryl methyl sites for hydroxylation is 2. The second kappa shape index (κ2) is 13.7. The van der Waals surface area contributed by atoms with E-state index in [4.69, 9.17) is 18.9 Å². The summed E-state index contributed by atoms with van der Waals surface area (Å²) in [6.45, 7) is 10.1. The van der Waals surface area contributed by atoms with Crippen LogP contribution in [-0.2, 0) is 5.41 Å². The standard InChI is InChI=1S/C42H35N7O4/c1-26-16-18-43-38(20-26)52-30-10-6-8-28(22-30)50-32-12-14-34-35-15-13-33(51-29-9-7-11-31(23-29)53-39-21-27(2)17-19-44-39)25-37(35)49(36(34)24-32)41-47-45-40(46-48-41)42(3,4)5/h6-25H,1-5H3. The third kappa shape index (κ3) is 7.31. The summed E-state index contributed by atoms with van der Waals surface area (Å²) in [6, 6.07) is 34.3. The summed E-state index contributed by atoms with van der Waals surface area (Å²) in [6.07, 6.45) is 3.44. The van der Waals surface area contributed by atoms with Crippen LogP contribution >= 0.6 is 0 Å². The van der Waals surface area contributed by atoms with Crippen LogP contribution in [0, 0.1) is 13.8 Å². The predicted octanol–water partition coefficient (Wildman–Crippen LogP) is 10.2. The molecule has 0 aliphatic heterocycles. The van der Waals surface area contributed by atoms with Crippen molar-refractivity contribution >= 4 is 21.8 Å². The van der Waals surface area contributed by atoms with E-state index in [0.717, 1.165) is 32.9 Å². The summed E-state index contributed by atoms with van der Waals surface area (Å²) in [5.74, 6) is 5.52. The summed E-state index contributed by atoms with van der Waals surface area (Å²) in [5, 5.41) is 19.9. The van der Waals surface area contributed by atoms with Crippen molar-refractivity contribution in [1.82, 2.24) is 34.9 Å². The second-order valence-corrected chi connectivity index (χ2v) is 13.7. The smallest absolute Gasteiger partial charge is 0.273 e. The molecule has 0 saturated carbocycles. The fourth-order valence-corrected chi connectivity index (χ4v) is 5.78. The van der Waals surface area contributed by atoms with Gasteiger partial charge in [-0.25, -0.2) is 9.97 Å². The lowest BCUT2D eigenvalue weighted by molar-refractivity contribution is 0.448. The molecule has 53 heavy (non-hydrogen) atoms. The van der Waals surface area contributed by atoms with E-state index >= 15 is 0 Å². The lowest BCUT2D eigenvalue weighted by atomic mass is 9.96. The highest BCUT2D eigenvalue weighted by Gasteiger charge is 2.21. The maximum Gasteiger partial charge on any atom is 0.273 e. The normalized spacial score (nSPS) is 11.5. The van der Waals surface area contributed by atoms with Crippen molar-refractivity contribution in [3.63, 3.8) is 0 Å². The van der Waals surface area contributed by atoms with E-state index in [9.17, 15) is 0 Å². The Balaban J connectivity index is 1.15. The van der Waals surface area contributed by atoms with Gasteiger partial charge in [-0.05, 0) is 85.6 Å². The van der Waals surface area contributed by atoms with Gasteiger partial charge in [-0.3, -0.25) is 4.57 Å². The number of rotatable bonds is 9. The number of fused-ring (bicyclic) bond motifs is 3. The number of ether oxygens (including phenoxy) is 4. The molecule has 4 aromatic carbocycles. The van der Waals surface area contributed by atoms with E-state index in [2.05, 4.69) is 30.4 Å². The Morgan fingerprint density at radius 1 is 0.472 bits per heavy atom. The van der Waals surface area contributed by atoms with Crippen LogP contribution in [0.15, 0.2) is 122 Å². The van der Waals surface area contributed by atoms with Gasteiger partial charge in [-0.15, -0.1) is 20.4 Å². The van der Waals surface area contributed by atoms with E-state index < -0.39 is 0 Å². The van der Waals surface area contributed by atoms with Crippen LogP contribution in [0.1, 0.15) is 37.7 Å². The summed E-state index contributed by atoms with van der Waals surface area (Å²) in [4.78, 5) is 8.61. The van der Waals surface area contributed by atoms with Crippen LogP contribution in [0.3, 0.4) is 0 Å². The number of benzene rings is 4. The van der Waals surface area contributed by atoms with Crippen molar-refractivity contribution in [2.24, 2.45) is 0 Å². The highest BCUT2D eigenvalue weighted by molar-refractivity contribution is 6.09. The molecule has 0 spiro atoms. The maximum absolute atomic E-state index is 6.38. The first kappa shape index (κ1) is 33.3. The van der Waals surface area contributed by atoms with Crippen molar-refractivity contribution in [2.75, 3.05) is 0 Å². The predicted molar refractivity (Wildman–Crippen MR) is 202 cm³/mol. The van der Waals surface area contributed by atoms with Crippen molar-refractivity contribution in [3.8, 4) is 52.2 Å². The Morgan fingerprint density at radius 2 is 0.906 bits per heavy atom. The molecule has 0 atom stereocenters. The van der Waals surface area contributed by atoms with Gasteiger partial charge in [0.15, 0.2) is 5.82 Å². The molecule has 0 radical (unpaired) electrons. The van der Waals surface area contributed by atoms with E-state index in [1.807, 2.05) is 148 Å². The van der Waals surface area contributed by atoms with Crippen LogP contribution in [0.4, 0.5) is 0 Å². The van der Waals surface area contributed by atoms with E-state index in [1.165, 1.54) is 0 Å². The fourth-order valence-electron chi connectivity index (χ4n) is 5.78. The fraction of sp³-hybridized carbons (Fsp3) is 0.143. The minimum Gasteiger partial charge on any atom is -0.457 e. The van der Waals surface area contributed by atoms with E-state index in [1.54, 1.807) is 12.4 Å². The minimum absolute atomic E-state index is 0.314. The molecule has 262 valence electrons. The molecule has 11 heteroatoms. The van der Waals surface area contributed by atoms with Gasteiger partial charge in [-0.2, -0.15) is 0 Å². The van der Waals surface area contributed by atoms with Gasteiger partial charge in [0.25, 0.3) is 5.95 Å². The topological polar surface area (TPSA) is 119 Å². The average Bonchev–Trinajstić information content (AvgIpc) is 3.44. The zero-order valence-electron chi connectivity index (χ0n) is 29.8. The van der Waals surface area contributed by atoms with Crippen LogP contribution < -0.4 is 18.9 Å². The first-order valence-corrected chi connectivity index (χ1v) is 17.1. The minimum atomic E-state index is -0.317. The Bertz CT molecular complexity index is 2450. The molecule has 0 unspecified atom stereocenters. The molecule has 0 saturated heterocycles. The quantitative estimate of drug-likeness (QED) is 0.144. The summed E-state index contributed by atoms with van der Waals surface area (Å²) in [7, 11) is 0. The van der Waals surface area contributed by atoms with Gasteiger partial charge < -0.3 is 18.9 Å². The second-order valence-electron chi connectivity index (χ2n) is 13.7. The van der Waals surface area contributed by atoms with Crippen LogP contribution in [0.25, 0.3) is 27.8 Å². The Labute approximate surface area is 305 Å². The highest BCUT2D eigenvalue weighted by atomic mass is 16.5. The summed E-state index contributed by atoms with van der Waals surface area (Å²) in [5.41, 5.74) is 3.41. The summed E-state index contributed by atoms with van der Waals surface area (Å²) < 4.78 is 26.7. The number of pyridine rings is 2. The lowest BCUT2D eigenvalue weighted by Gasteiger charge is -2.14. The molecule has 0 aliphatic rings. The zero-order valence-corrected chi connectivity index (χ0v) is 29.8. The van der Waals surface area contributed by atoms with Gasteiger partial charge in [0.05, 0.1) is 11.0 Å². The SMILES string of the molecule is Cc1ccnc(Oc2cccc(Oc3ccc4c5ccc(Oc6cccc(Oc7cc(C)ccn7)c6)cc5n(-c5nnc(C(C)(C)C)nn5)c4c3)c2)c1. The first-order chi connectivity index (χ1) is 25.6. The molecule has 4 aromatic heterocycles. The van der Waals surface area contributed by atoms with Gasteiger partial charge in [0.2, 0.25) is 11.8 Å². The van der Waals surface area contributed by atoms with Crippen molar-refractivity contribution in [2.45, 2.75) is 40.0 Å². The van der Waals surface area contributed by atoms with Crippen LogP contribution in [0.2, 0.25) is 0 Å². The highest BCUT2D eigenvalue weighted by Crippen LogP contribution is 2.38. The van der Waals surface area contributed by atoms with Gasteiger partial charge >= 0.3 is 0 Å². The van der Waals surface area contributed by atoms with Crippen LogP contribution in [0.5, 0.6) is 46.3 Å². The number of nitrogens with zero attached hydrogens (tertiary/aromatic N) is 7. The molecule has 4 heterocycles. The number of aromatic nitrogens is 7. The average molecular weight is 702 g/mol. The van der Waals surface area contributed by atoms with Crippen molar-refractivity contribution in [1.29, 1.82) is 0 Å². The third-order valence-corrected chi connectivity index (χ3v) is 8.36. The van der Waals surface area contributed by atoms with E-state index in [-0.39, 0.29) is 5.41 Å². The summed E-state index contributed by atoms with van der Waals surface area (Å²) >= 11 is 0. The molecule has 8 rings (SSSR count). The molecule has 0 amide bonds. The largest absolute Gasteiger partial charge is 0.457 e. The number of hydrogen-bond acceptors (Lipinski definition) is 10. The molecule has 0 aliphatic carbocycles. The Hall–Kier alpha value is -6.88. The van der Waals surface area contributed by atoms with Gasteiger partial charge in [0.1, 0.15) is 34.5 Å². The zero-order chi connectivity index (χ0) is 36.5. The Kier molecular flexibility index (Phi) is 8.59. The first-order valence-electron chi connectivity index (χ1n) is 17.1. The molecule has 0 bridgehead atoms. The van der Waals surface area contributed by atoms with Gasteiger partial charge in [0, 0.05) is 65.0 Å². The third-order valence-electron chi connectivity index (χ3n) is 8.36. The molecular formula is C42H35N7O4.